The number of benzene rings is 1. The van der Waals surface area contributed by atoms with Gasteiger partial charge in [0.2, 0.25) is 5.75 Å². The number of hydrogen-bond acceptors (Lipinski definition) is 8. The molecule has 9 nitrogen and oxygen atoms in total. The molecule has 2 aromatic heterocycles. The van der Waals surface area contributed by atoms with Gasteiger partial charge in [-0.1, -0.05) is 4.49 Å². The van der Waals surface area contributed by atoms with Crippen molar-refractivity contribution in [3.8, 4) is 33.2 Å². The first kappa shape index (κ1) is 18.3. The molecule has 0 aliphatic carbocycles. The predicted molar refractivity (Wildman–Crippen MR) is 84.7 cm³/mol. The van der Waals surface area contributed by atoms with Crippen LogP contribution in [0, 0.1) is 15.3 Å². The number of pyridine rings is 1. The van der Waals surface area contributed by atoms with Crippen molar-refractivity contribution in [3.05, 3.63) is 51.5 Å². The van der Waals surface area contributed by atoms with E-state index in [1.807, 2.05) is 0 Å². The first-order valence-electron chi connectivity index (χ1n) is 6.93. The fraction of sp³-hybridized carbons (Fsp3) is 0.0714. The van der Waals surface area contributed by atoms with Crippen molar-refractivity contribution >= 4 is 17.2 Å². The number of rotatable bonds is 3. The minimum atomic E-state index is -4.83. The minimum Gasteiger partial charge on any atom is -0.618 e. The number of phenols is 2. The Morgan fingerprint density at radius 1 is 1.19 bits per heavy atom. The molecule has 0 saturated carbocycles. The van der Waals surface area contributed by atoms with E-state index in [1.54, 1.807) is 0 Å². The van der Waals surface area contributed by atoms with Gasteiger partial charge in [-0.2, -0.15) is 17.9 Å². The van der Waals surface area contributed by atoms with Gasteiger partial charge < -0.3 is 15.4 Å². The maximum atomic E-state index is 12.7. The fourth-order valence-electron chi connectivity index (χ4n) is 2.28. The van der Waals surface area contributed by atoms with Crippen LogP contribution in [0.3, 0.4) is 0 Å². The van der Waals surface area contributed by atoms with E-state index < -0.39 is 34.0 Å². The van der Waals surface area contributed by atoms with Gasteiger partial charge in [-0.3, -0.25) is 10.1 Å². The van der Waals surface area contributed by atoms with Crippen molar-refractivity contribution in [1.29, 1.82) is 0 Å². The van der Waals surface area contributed by atoms with Gasteiger partial charge in [0.1, 0.15) is 5.69 Å². The highest BCUT2D eigenvalue weighted by Crippen LogP contribution is 2.42. The van der Waals surface area contributed by atoms with Crippen LogP contribution >= 0.6 is 11.5 Å². The summed E-state index contributed by atoms with van der Waals surface area (Å²) >= 11 is 0.735. The quantitative estimate of drug-likeness (QED) is 0.227. The SMILES string of the molecule is O=[N+]([O-])c1cc(-c2nnsc2-c2ccc(C(F)(F)F)[n+]([O-])c2)cc(O)c1O. The molecule has 0 unspecified atom stereocenters. The molecule has 13 heteroatoms. The zero-order valence-electron chi connectivity index (χ0n) is 12.8. The van der Waals surface area contributed by atoms with E-state index in [-0.39, 0.29) is 26.4 Å². The van der Waals surface area contributed by atoms with E-state index in [1.165, 1.54) is 0 Å². The largest absolute Gasteiger partial charge is 0.618 e. The normalized spacial score (nSPS) is 11.5. The molecule has 0 saturated heterocycles. The summed E-state index contributed by atoms with van der Waals surface area (Å²) in [4.78, 5) is 10.2. The number of phenolic OH excluding ortho intramolecular Hbond substituents is 2. The second-order valence-corrected chi connectivity index (χ2v) is 5.95. The number of aromatic nitrogens is 3. The molecule has 1 aromatic carbocycles. The van der Waals surface area contributed by atoms with Crippen LogP contribution in [0.15, 0.2) is 30.5 Å². The van der Waals surface area contributed by atoms with E-state index in [0.717, 1.165) is 29.7 Å². The number of halogens is 3. The van der Waals surface area contributed by atoms with Crippen LogP contribution < -0.4 is 4.73 Å². The summed E-state index contributed by atoms with van der Waals surface area (Å²) < 4.78 is 41.4. The lowest BCUT2D eigenvalue weighted by atomic mass is 10.1. The molecule has 0 spiro atoms. The summed E-state index contributed by atoms with van der Waals surface area (Å²) in [5, 5.41) is 45.6. The maximum Gasteiger partial charge on any atom is 0.478 e. The lowest BCUT2D eigenvalue weighted by Crippen LogP contribution is -2.36. The van der Waals surface area contributed by atoms with Gasteiger partial charge in [0.25, 0.3) is 5.69 Å². The van der Waals surface area contributed by atoms with Crippen LogP contribution in [0.25, 0.3) is 21.7 Å². The molecule has 0 bridgehead atoms. The van der Waals surface area contributed by atoms with Gasteiger partial charge in [0.15, 0.2) is 11.9 Å². The molecule has 0 atom stereocenters. The second-order valence-electron chi connectivity index (χ2n) is 5.20. The third-order valence-electron chi connectivity index (χ3n) is 3.49. The lowest BCUT2D eigenvalue weighted by Gasteiger charge is -2.09. The first-order valence-corrected chi connectivity index (χ1v) is 7.71. The summed E-state index contributed by atoms with van der Waals surface area (Å²) in [5.41, 5.74) is -2.20. The Hall–Kier alpha value is -3.48. The number of nitro groups is 1. The highest BCUT2D eigenvalue weighted by molar-refractivity contribution is 7.09. The van der Waals surface area contributed by atoms with Gasteiger partial charge in [0.05, 0.1) is 15.4 Å². The van der Waals surface area contributed by atoms with Gasteiger partial charge in [0, 0.05) is 17.7 Å². The van der Waals surface area contributed by atoms with Crippen molar-refractivity contribution < 1.29 is 33.0 Å². The summed E-state index contributed by atoms with van der Waals surface area (Å²) in [6.07, 6.45) is -4.16. The van der Waals surface area contributed by atoms with Crippen molar-refractivity contribution in [2.24, 2.45) is 0 Å². The molecule has 0 aliphatic rings. The van der Waals surface area contributed by atoms with E-state index in [4.69, 9.17) is 0 Å². The zero-order chi connectivity index (χ0) is 19.9. The van der Waals surface area contributed by atoms with Gasteiger partial charge in [-0.15, -0.1) is 5.10 Å². The second kappa shape index (κ2) is 6.35. The van der Waals surface area contributed by atoms with E-state index >= 15 is 0 Å². The molecule has 3 rings (SSSR count). The fourth-order valence-corrected chi connectivity index (χ4v) is 2.96. The van der Waals surface area contributed by atoms with E-state index in [9.17, 15) is 38.7 Å². The number of aromatic hydroxyl groups is 2. The van der Waals surface area contributed by atoms with E-state index in [2.05, 4.69) is 9.59 Å². The highest BCUT2D eigenvalue weighted by atomic mass is 32.1. The zero-order valence-corrected chi connectivity index (χ0v) is 13.7. The Kier molecular flexibility index (Phi) is 4.31. The third kappa shape index (κ3) is 3.31. The molecular formula is C14H7F3N4O5S. The smallest absolute Gasteiger partial charge is 0.478 e. The third-order valence-corrected chi connectivity index (χ3v) is 4.27. The number of hydrogen-bond donors (Lipinski definition) is 2. The van der Waals surface area contributed by atoms with Crippen LogP contribution in [-0.4, -0.2) is 24.7 Å². The molecular weight excluding hydrogens is 393 g/mol. The molecule has 2 N–H and O–H groups in total. The molecule has 140 valence electrons. The van der Waals surface area contributed by atoms with Crippen molar-refractivity contribution in [2.45, 2.75) is 6.18 Å². The molecule has 0 aliphatic heterocycles. The minimum absolute atomic E-state index is 0.0156. The standard InChI is InChI=1S/C14H7F3N4O5S/c15-14(16,17)10-2-1-6(5-20(10)24)13-11(18-19-27-13)7-3-8(21(25)26)12(23)9(22)4-7/h1-5,22-23H. The average molecular weight is 400 g/mol. The number of nitrogens with zero attached hydrogens (tertiary/aromatic N) is 4. The van der Waals surface area contributed by atoms with Gasteiger partial charge in [-0.25, -0.2) is 0 Å². The lowest BCUT2D eigenvalue weighted by molar-refractivity contribution is -0.628. The Morgan fingerprint density at radius 2 is 1.89 bits per heavy atom. The van der Waals surface area contributed by atoms with Crippen LogP contribution in [0.4, 0.5) is 18.9 Å². The first-order chi connectivity index (χ1) is 12.6. The average Bonchev–Trinajstić information content (AvgIpc) is 3.05. The molecule has 0 radical (unpaired) electrons. The topological polar surface area (TPSA) is 136 Å². The number of alkyl halides is 3. The molecule has 0 amide bonds. The Morgan fingerprint density at radius 3 is 2.48 bits per heavy atom. The molecule has 27 heavy (non-hydrogen) atoms. The van der Waals surface area contributed by atoms with E-state index in [0.29, 0.717) is 12.3 Å². The van der Waals surface area contributed by atoms with Crippen LogP contribution in [0.5, 0.6) is 11.5 Å². The van der Waals surface area contributed by atoms with Gasteiger partial charge >= 0.3 is 11.9 Å². The van der Waals surface area contributed by atoms with Crippen molar-refractivity contribution in [1.82, 2.24) is 9.59 Å². The van der Waals surface area contributed by atoms with Crippen molar-refractivity contribution in [3.63, 3.8) is 0 Å². The summed E-state index contributed by atoms with van der Waals surface area (Å²) in [6.45, 7) is 0. The number of nitro benzene ring substituents is 1. The monoisotopic (exact) mass is 400 g/mol. The maximum absolute atomic E-state index is 12.7. The van der Waals surface area contributed by atoms with Gasteiger partial charge in [-0.05, 0) is 23.7 Å². The highest BCUT2D eigenvalue weighted by Gasteiger charge is 2.39. The van der Waals surface area contributed by atoms with Crippen LogP contribution in [-0.2, 0) is 6.18 Å². The Bertz CT molecular complexity index is 1050. The van der Waals surface area contributed by atoms with Crippen LogP contribution in [0.2, 0.25) is 0 Å². The Labute approximate surface area is 151 Å². The Balaban J connectivity index is 2.13. The molecule has 3 aromatic rings. The molecule has 0 fully saturated rings. The summed E-state index contributed by atoms with van der Waals surface area (Å²) in [7, 11) is 0. The summed E-state index contributed by atoms with van der Waals surface area (Å²) in [6, 6.07) is 3.52. The molecule has 2 heterocycles. The predicted octanol–water partition coefficient (Wildman–Crippen LogP) is 2.84. The summed E-state index contributed by atoms with van der Waals surface area (Å²) in [5.74, 6) is -1.73. The van der Waals surface area contributed by atoms with Crippen LogP contribution in [0.1, 0.15) is 5.69 Å². The van der Waals surface area contributed by atoms with Crippen molar-refractivity contribution in [2.75, 3.05) is 0 Å².